The van der Waals surface area contributed by atoms with Crippen molar-refractivity contribution in [2.45, 2.75) is 20.0 Å². The minimum absolute atomic E-state index is 0.209. The molecule has 0 spiro atoms. The van der Waals surface area contributed by atoms with Crippen molar-refractivity contribution in [1.82, 2.24) is 0 Å². The highest BCUT2D eigenvalue weighted by molar-refractivity contribution is 5.98. The molecule has 0 bridgehead atoms. The predicted molar refractivity (Wildman–Crippen MR) is 82.3 cm³/mol. The molecular formula is C17H19NO3. The Morgan fingerprint density at radius 3 is 2.38 bits per heavy atom. The molecule has 0 saturated heterocycles. The third-order valence-corrected chi connectivity index (χ3v) is 3.28. The summed E-state index contributed by atoms with van der Waals surface area (Å²) in [4.78, 5) is 12.2. The number of methoxy groups -OCH3 is 1. The Hall–Kier alpha value is -2.49. The molecule has 2 N–H and O–H groups in total. The van der Waals surface area contributed by atoms with Gasteiger partial charge >= 0.3 is 5.97 Å². The highest BCUT2D eigenvalue weighted by Crippen LogP contribution is 2.25. The standard InChI is InChI=1S/C17H19NO3/c1-3-12-7-9-13(10-8-12)11-21-17(19)16-14(18)5-4-6-15(16)20-2/h4-10H,3,11,18H2,1-2H3. The van der Waals surface area contributed by atoms with E-state index in [0.717, 1.165) is 12.0 Å². The highest BCUT2D eigenvalue weighted by atomic mass is 16.5. The fourth-order valence-corrected chi connectivity index (χ4v) is 2.03. The minimum atomic E-state index is -0.482. The molecule has 2 aromatic rings. The molecule has 21 heavy (non-hydrogen) atoms. The second-order valence-electron chi connectivity index (χ2n) is 4.67. The summed E-state index contributed by atoms with van der Waals surface area (Å²) < 4.78 is 10.5. The topological polar surface area (TPSA) is 61.5 Å². The Morgan fingerprint density at radius 2 is 1.76 bits per heavy atom. The number of esters is 1. The van der Waals surface area contributed by atoms with Crippen molar-refractivity contribution in [3.8, 4) is 5.75 Å². The number of ether oxygens (including phenoxy) is 2. The van der Waals surface area contributed by atoms with E-state index in [4.69, 9.17) is 15.2 Å². The zero-order chi connectivity index (χ0) is 15.2. The SMILES string of the molecule is CCc1ccc(COC(=O)c2c(N)cccc2OC)cc1. The lowest BCUT2D eigenvalue weighted by atomic mass is 10.1. The van der Waals surface area contributed by atoms with Crippen molar-refractivity contribution in [2.24, 2.45) is 0 Å². The normalized spacial score (nSPS) is 10.2. The molecule has 0 saturated carbocycles. The number of carbonyl (C=O) groups is 1. The smallest absolute Gasteiger partial charge is 0.344 e. The van der Waals surface area contributed by atoms with Crippen molar-refractivity contribution in [1.29, 1.82) is 0 Å². The molecule has 0 fully saturated rings. The van der Waals surface area contributed by atoms with Gasteiger partial charge in [0.15, 0.2) is 0 Å². The minimum Gasteiger partial charge on any atom is -0.496 e. The highest BCUT2D eigenvalue weighted by Gasteiger charge is 2.17. The number of hydrogen-bond acceptors (Lipinski definition) is 4. The number of nitrogen functional groups attached to an aromatic ring is 1. The average molecular weight is 285 g/mol. The molecular weight excluding hydrogens is 266 g/mol. The number of benzene rings is 2. The van der Waals surface area contributed by atoms with E-state index < -0.39 is 5.97 Å². The van der Waals surface area contributed by atoms with Gasteiger partial charge in [-0.05, 0) is 29.7 Å². The van der Waals surface area contributed by atoms with Crippen LogP contribution >= 0.6 is 0 Å². The maximum Gasteiger partial charge on any atom is 0.344 e. The van der Waals surface area contributed by atoms with Crippen molar-refractivity contribution >= 4 is 11.7 Å². The molecule has 0 atom stereocenters. The zero-order valence-corrected chi connectivity index (χ0v) is 12.3. The van der Waals surface area contributed by atoms with Crippen LogP contribution in [0.25, 0.3) is 0 Å². The molecule has 0 heterocycles. The monoisotopic (exact) mass is 285 g/mol. The van der Waals surface area contributed by atoms with Gasteiger partial charge in [-0.15, -0.1) is 0 Å². The molecule has 2 rings (SSSR count). The number of anilines is 1. The number of aryl methyl sites for hydroxylation is 1. The van der Waals surface area contributed by atoms with Crippen molar-refractivity contribution in [3.05, 3.63) is 59.2 Å². The summed E-state index contributed by atoms with van der Waals surface area (Å²) in [6.07, 6.45) is 0.984. The third kappa shape index (κ3) is 3.54. The Balaban J connectivity index is 2.08. The Morgan fingerprint density at radius 1 is 1.10 bits per heavy atom. The molecule has 0 unspecified atom stereocenters. The van der Waals surface area contributed by atoms with Crippen LogP contribution in [0.15, 0.2) is 42.5 Å². The quantitative estimate of drug-likeness (QED) is 0.677. The van der Waals surface area contributed by atoms with E-state index in [1.54, 1.807) is 18.2 Å². The molecule has 0 radical (unpaired) electrons. The molecule has 0 aliphatic carbocycles. The van der Waals surface area contributed by atoms with Gasteiger partial charge in [-0.2, -0.15) is 0 Å². The van der Waals surface area contributed by atoms with Gasteiger partial charge in [0.25, 0.3) is 0 Å². The lowest BCUT2D eigenvalue weighted by Crippen LogP contribution is -2.10. The first-order valence-electron chi connectivity index (χ1n) is 6.83. The van der Waals surface area contributed by atoms with Crippen LogP contribution < -0.4 is 10.5 Å². The van der Waals surface area contributed by atoms with Crippen LogP contribution in [0.4, 0.5) is 5.69 Å². The Kier molecular flexibility index (Phi) is 4.82. The van der Waals surface area contributed by atoms with E-state index in [9.17, 15) is 4.79 Å². The van der Waals surface area contributed by atoms with E-state index in [2.05, 4.69) is 6.92 Å². The molecule has 0 aliphatic rings. The summed E-state index contributed by atoms with van der Waals surface area (Å²) in [5.74, 6) is -0.0640. The summed E-state index contributed by atoms with van der Waals surface area (Å²) in [5.41, 5.74) is 8.63. The van der Waals surface area contributed by atoms with Crippen molar-refractivity contribution in [2.75, 3.05) is 12.8 Å². The van der Waals surface area contributed by atoms with Crippen LogP contribution in [0, 0.1) is 0 Å². The first-order chi connectivity index (χ1) is 10.2. The van der Waals surface area contributed by atoms with Crippen LogP contribution in [-0.2, 0) is 17.8 Å². The summed E-state index contributed by atoms with van der Waals surface area (Å²) in [5, 5.41) is 0. The molecule has 0 aliphatic heterocycles. The molecule has 4 heteroatoms. The second kappa shape index (κ2) is 6.79. The lowest BCUT2D eigenvalue weighted by Gasteiger charge is -2.11. The molecule has 110 valence electrons. The maximum atomic E-state index is 12.2. The first kappa shape index (κ1) is 14.9. The van der Waals surface area contributed by atoms with E-state index in [1.807, 2.05) is 24.3 Å². The van der Waals surface area contributed by atoms with E-state index in [-0.39, 0.29) is 12.2 Å². The number of nitrogens with two attached hydrogens (primary N) is 1. The van der Waals surface area contributed by atoms with Crippen LogP contribution in [0.1, 0.15) is 28.4 Å². The first-order valence-corrected chi connectivity index (χ1v) is 6.83. The van der Waals surface area contributed by atoms with E-state index in [1.165, 1.54) is 12.7 Å². The van der Waals surface area contributed by atoms with Gasteiger partial charge < -0.3 is 15.2 Å². The summed E-state index contributed by atoms with van der Waals surface area (Å²) in [6, 6.07) is 13.0. The summed E-state index contributed by atoms with van der Waals surface area (Å²) in [7, 11) is 1.50. The molecule has 2 aromatic carbocycles. The van der Waals surface area contributed by atoms with Gasteiger partial charge in [0.1, 0.15) is 17.9 Å². The summed E-state index contributed by atoms with van der Waals surface area (Å²) in [6.45, 7) is 2.31. The number of carbonyl (C=O) groups excluding carboxylic acids is 1. The Labute approximate surface area is 124 Å². The average Bonchev–Trinajstić information content (AvgIpc) is 2.52. The second-order valence-corrected chi connectivity index (χ2v) is 4.67. The fourth-order valence-electron chi connectivity index (χ4n) is 2.03. The van der Waals surface area contributed by atoms with Gasteiger partial charge in [0.2, 0.25) is 0 Å². The zero-order valence-electron chi connectivity index (χ0n) is 12.3. The fraction of sp³-hybridized carbons (Fsp3) is 0.235. The van der Waals surface area contributed by atoms with Crippen molar-refractivity contribution < 1.29 is 14.3 Å². The van der Waals surface area contributed by atoms with Gasteiger partial charge in [0.05, 0.1) is 7.11 Å². The van der Waals surface area contributed by atoms with Crippen molar-refractivity contribution in [3.63, 3.8) is 0 Å². The largest absolute Gasteiger partial charge is 0.496 e. The molecule has 4 nitrogen and oxygen atoms in total. The summed E-state index contributed by atoms with van der Waals surface area (Å²) >= 11 is 0. The van der Waals surface area contributed by atoms with Gasteiger partial charge in [-0.3, -0.25) is 0 Å². The van der Waals surface area contributed by atoms with Crippen LogP contribution in [0.3, 0.4) is 0 Å². The number of hydrogen-bond donors (Lipinski definition) is 1. The predicted octanol–water partition coefficient (Wildman–Crippen LogP) is 3.20. The van der Waals surface area contributed by atoms with E-state index in [0.29, 0.717) is 11.4 Å². The molecule has 0 aromatic heterocycles. The van der Waals surface area contributed by atoms with Gasteiger partial charge in [-0.25, -0.2) is 4.79 Å². The lowest BCUT2D eigenvalue weighted by molar-refractivity contribution is 0.0470. The van der Waals surface area contributed by atoms with Crippen LogP contribution in [0.5, 0.6) is 5.75 Å². The number of rotatable bonds is 5. The van der Waals surface area contributed by atoms with Crippen LogP contribution in [0.2, 0.25) is 0 Å². The van der Waals surface area contributed by atoms with Gasteiger partial charge in [-0.1, -0.05) is 37.3 Å². The molecule has 0 amide bonds. The third-order valence-electron chi connectivity index (χ3n) is 3.28. The van der Waals surface area contributed by atoms with Crippen LogP contribution in [-0.4, -0.2) is 13.1 Å². The maximum absolute atomic E-state index is 12.2. The van der Waals surface area contributed by atoms with Gasteiger partial charge in [0, 0.05) is 5.69 Å². The van der Waals surface area contributed by atoms with E-state index >= 15 is 0 Å². The Bertz CT molecular complexity index is 620.